The molecule has 4 nitrogen and oxygen atoms in total. The minimum atomic E-state index is -0.278. The first kappa shape index (κ1) is 17.0. The number of carbonyl (C=O) groups is 2. The maximum atomic E-state index is 12.9. The lowest BCUT2D eigenvalue weighted by Crippen LogP contribution is -2.38. The van der Waals surface area contributed by atoms with Crippen LogP contribution in [0.5, 0.6) is 0 Å². The molecule has 0 saturated heterocycles. The molecular weight excluding hydrogens is 312 g/mol. The second-order valence-electron chi connectivity index (χ2n) is 6.63. The number of nitrogens with zero attached hydrogens (tertiary/aromatic N) is 1. The van der Waals surface area contributed by atoms with Gasteiger partial charge in [-0.15, -0.1) is 0 Å². The summed E-state index contributed by atoms with van der Waals surface area (Å²) < 4.78 is 0. The molecule has 1 aliphatic rings. The van der Waals surface area contributed by atoms with Gasteiger partial charge in [-0.3, -0.25) is 14.5 Å². The first-order valence-corrected chi connectivity index (χ1v) is 8.42. The highest BCUT2D eigenvalue weighted by atomic mass is 16.2. The molecule has 0 aromatic heterocycles. The monoisotopic (exact) mass is 334 g/mol. The quantitative estimate of drug-likeness (QED) is 0.863. The van der Waals surface area contributed by atoms with Gasteiger partial charge < -0.3 is 5.32 Å². The van der Waals surface area contributed by atoms with Crippen LogP contribution in [0.2, 0.25) is 0 Å². The number of nitrogens with one attached hydrogen (secondary N) is 1. The van der Waals surface area contributed by atoms with Crippen molar-refractivity contribution in [1.82, 2.24) is 4.90 Å². The summed E-state index contributed by atoms with van der Waals surface area (Å²) in [6, 6.07) is 15.2. The largest absolute Gasteiger partial charge is 0.350 e. The molecule has 128 valence electrons. The summed E-state index contributed by atoms with van der Waals surface area (Å²) in [7, 11) is 0. The molecule has 1 aliphatic heterocycles. The van der Waals surface area contributed by atoms with E-state index in [1.54, 1.807) is 0 Å². The van der Waals surface area contributed by atoms with E-state index >= 15 is 0 Å². The van der Waals surface area contributed by atoms with E-state index in [-0.39, 0.29) is 17.9 Å². The molecule has 3 rings (SSSR count). The fraction of sp³-hybridized carbons (Fsp3) is 0.238. The van der Waals surface area contributed by atoms with Crippen LogP contribution in [0.25, 0.3) is 5.57 Å². The number of hydrogen-bond donors (Lipinski definition) is 1. The second kappa shape index (κ2) is 6.55. The minimum Gasteiger partial charge on any atom is -0.350 e. The second-order valence-corrected chi connectivity index (χ2v) is 6.63. The summed E-state index contributed by atoms with van der Waals surface area (Å²) in [5.41, 5.74) is 4.48. The Morgan fingerprint density at radius 1 is 0.920 bits per heavy atom. The normalized spacial score (nSPS) is 14.7. The molecule has 0 fully saturated rings. The van der Waals surface area contributed by atoms with Crippen molar-refractivity contribution in [2.75, 3.05) is 5.32 Å². The van der Waals surface area contributed by atoms with E-state index in [1.807, 2.05) is 76.2 Å². The summed E-state index contributed by atoms with van der Waals surface area (Å²) in [6.45, 7) is 7.67. The summed E-state index contributed by atoms with van der Waals surface area (Å²) >= 11 is 0. The first-order chi connectivity index (χ1) is 11.9. The predicted molar refractivity (Wildman–Crippen MR) is 99.9 cm³/mol. The summed E-state index contributed by atoms with van der Waals surface area (Å²) in [5.74, 6) is -0.529. The third-order valence-corrected chi connectivity index (χ3v) is 4.35. The highest BCUT2D eigenvalue weighted by Gasteiger charge is 2.40. The van der Waals surface area contributed by atoms with Crippen LogP contribution in [0.1, 0.15) is 30.5 Å². The lowest BCUT2D eigenvalue weighted by atomic mass is 10.0. The average molecular weight is 334 g/mol. The Bertz CT molecular complexity index is 867. The third kappa shape index (κ3) is 3.07. The Morgan fingerprint density at radius 2 is 1.60 bits per heavy atom. The third-order valence-electron chi connectivity index (χ3n) is 4.35. The predicted octanol–water partition coefficient (Wildman–Crippen LogP) is 3.90. The van der Waals surface area contributed by atoms with Crippen molar-refractivity contribution in [2.45, 2.75) is 33.7 Å². The van der Waals surface area contributed by atoms with Gasteiger partial charge in [-0.1, -0.05) is 42.5 Å². The number of benzene rings is 2. The molecule has 0 unspecified atom stereocenters. The van der Waals surface area contributed by atoms with Gasteiger partial charge in [-0.2, -0.15) is 0 Å². The van der Waals surface area contributed by atoms with Crippen LogP contribution in [0.15, 0.2) is 54.2 Å². The van der Waals surface area contributed by atoms with Gasteiger partial charge in [0.15, 0.2) is 0 Å². The van der Waals surface area contributed by atoms with E-state index in [0.29, 0.717) is 11.3 Å². The smallest absolute Gasteiger partial charge is 0.278 e. The molecule has 2 amide bonds. The summed E-state index contributed by atoms with van der Waals surface area (Å²) in [4.78, 5) is 27.2. The molecule has 0 bridgehead atoms. The SMILES string of the molecule is Cc1ccc(C)c(NC2=C(c3ccccc3)C(=O)N(C(C)C)C2=O)c1. The molecule has 2 aromatic carbocycles. The molecular formula is C21H22N2O2. The van der Waals surface area contributed by atoms with E-state index in [2.05, 4.69) is 5.32 Å². The number of imide groups is 1. The van der Waals surface area contributed by atoms with Gasteiger partial charge in [0.05, 0.1) is 5.57 Å². The summed E-state index contributed by atoms with van der Waals surface area (Å²) in [6.07, 6.45) is 0. The standard InChI is InChI=1S/C21H22N2O2/c1-13(2)23-20(24)18(16-8-6-5-7-9-16)19(21(23)25)22-17-12-14(3)10-11-15(17)4/h5-13,22H,1-4H3. The molecule has 1 heterocycles. The molecule has 1 N–H and O–H groups in total. The number of aryl methyl sites for hydroxylation is 2. The van der Waals surface area contributed by atoms with E-state index < -0.39 is 0 Å². The van der Waals surface area contributed by atoms with Crippen LogP contribution in [0.4, 0.5) is 5.69 Å². The lowest BCUT2D eigenvalue weighted by Gasteiger charge is -2.19. The van der Waals surface area contributed by atoms with Crippen molar-refractivity contribution in [1.29, 1.82) is 0 Å². The molecule has 0 atom stereocenters. The highest BCUT2D eigenvalue weighted by molar-refractivity contribution is 6.36. The van der Waals surface area contributed by atoms with Crippen LogP contribution in [-0.4, -0.2) is 22.8 Å². The Hall–Kier alpha value is -2.88. The molecule has 2 aromatic rings. The minimum absolute atomic E-state index is 0.198. The first-order valence-electron chi connectivity index (χ1n) is 8.42. The van der Waals surface area contributed by atoms with Gasteiger partial charge in [0, 0.05) is 11.7 Å². The lowest BCUT2D eigenvalue weighted by molar-refractivity contribution is -0.138. The maximum absolute atomic E-state index is 12.9. The number of anilines is 1. The van der Waals surface area contributed by atoms with Gasteiger partial charge in [-0.25, -0.2) is 0 Å². The van der Waals surface area contributed by atoms with E-state index in [4.69, 9.17) is 0 Å². The Balaban J connectivity index is 2.13. The van der Waals surface area contributed by atoms with Crippen molar-refractivity contribution in [3.05, 3.63) is 70.9 Å². The molecule has 25 heavy (non-hydrogen) atoms. The number of hydrogen-bond acceptors (Lipinski definition) is 3. The molecule has 0 saturated carbocycles. The van der Waals surface area contributed by atoms with Gasteiger partial charge in [0.1, 0.15) is 5.70 Å². The van der Waals surface area contributed by atoms with Crippen molar-refractivity contribution >= 4 is 23.1 Å². The molecule has 0 spiro atoms. The number of rotatable bonds is 4. The molecule has 0 radical (unpaired) electrons. The Morgan fingerprint density at radius 3 is 2.24 bits per heavy atom. The van der Waals surface area contributed by atoms with Gasteiger partial charge in [-0.05, 0) is 50.5 Å². The van der Waals surface area contributed by atoms with Crippen LogP contribution in [0.3, 0.4) is 0 Å². The van der Waals surface area contributed by atoms with Crippen LogP contribution in [-0.2, 0) is 9.59 Å². The van der Waals surface area contributed by atoms with Crippen molar-refractivity contribution in [2.24, 2.45) is 0 Å². The Kier molecular flexibility index (Phi) is 4.45. The zero-order valence-corrected chi connectivity index (χ0v) is 15.0. The zero-order valence-electron chi connectivity index (χ0n) is 15.0. The number of carbonyl (C=O) groups excluding carboxylic acids is 2. The topological polar surface area (TPSA) is 49.4 Å². The maximum Gasteiger partial charge on any atom is 0.278 e. The summed E-state index contributed by atoms with van der Waals surface area (Å²) in [5, 5.41) is 3.23. The van der Waals surface area contributed by atoms with Gasteiger partial charge >= 0.3 is 0 Å². The number of amides is 2. The van der Waals surface area contributed by atoms with Crippen LogP contribution >= 0.6 is 0 Å². The molecule has 0 aliphatic carbocycles. The van der Waals surface area contributed by atoms with Crippen molar-refractivity contribution in [3.8, 4) is 0 Å². The molecule has 4 heteroatoms. The van der Waals surface area contributed by atoms with Crippen molar-refractivity contribution in [3.63, 3.8) is 0 Å². The van der Waals surface area contributed by atoms with E-state index in [9.17, 15) is 9.59 Å². The zero-order chi connectivity index (χ0) is 18.1. The highest BCUT2D eigenvalue weighted by Crippen LogP contribution is 2.32. The van der Waals surface area contributed by atoms with Crippen LogP contribution < -0.4 is 5.32 Å². The van der Waals surface area contributed by atoms with E-state index in [1.165, 1.54) is 4.90 Å². The van der Waals surface area contributed by atoms with Crippen LogP contribution in [0, 0.1) is 13.8 Å². The average Bonchev–Trinajstić information content (AvgIpc) is 2.82. The fourth-order valence-corrected chi connectivity index (χ4v) is 3.01. The van der Waals surface area contributed by atoms with E-state index in [0.717, 1.165) is 22.4 Å². The van der Waals surface area contributed by atoms with Gasteiger partial charge in [0.2, 0.25) is 0 Å². The fourth-order valence-electron chi connectivity index (χ4n) is 3.01. The van der Waals surface area contributed by atoms with Gasteiger partial charge in [0.25, 0.3) is 11.8 Å². The van der Waals surface area contributed by atoms with Crippen molar-refractivity contribution < 1.29 is 9.59 Å². The Labute approximate surface area is 148 Å².